The lowest BCUT2D eigenvalue weighted by atomic mass is 10.00. The molecule has 0 bridgehead atoms. The smallest absolute Gasteiger partial charge is 0.326 e. The Kier molecular flexibility index (Phi) is 12.6. The highest BCUT2D eigenvalue weighted by atomic mass is 16.4. The molecule has 200 valence electrons. The van der Waals surface area contributed by atoms with Gasteiger partial charge in [-0.15, -0.1) is 0 Å². The van der Waals surface area contributed by atoms with E-state index in [0.717, 1.165) is 5.56 Å². The van der Waals surface area contributed by atoms with Crippen molar-refractivity contribution in [2.24, 2.45) is 23.3 Å². The SMILES string of the molecule is CC(C)CC(N)C(=O)NC(CCC(N)=O)C(=O)NC(C(=O)NC(Cc1ccccc1)C(=O)O)C(C)C. The van der Waals surface area contributed by atoms with Crippen molar-refractivity contribution < 1.29 is 29.1 Å². The van der Waals surface area contributed by atoms with Gasteiger partial charge >= 0.3 is 5.97 Å². The fourth-order valence-corrected chi connectivity index (χ4v) is 3.55. The van der Waals surface area contributed by atoms with E-state index in [-0.39, 0.29) is 25.2 Å². The number of hydrogen-bond acceptors (Lipinski definition) is 6. The van der Waals surface area contributed by atoms with Crippen LogP contribution in [0.25, 0.3) is 0 Å². The van der Waals surface area contributed by atoms with Crippen LogP contribution in [0, 0.1) is 11.8 Å². The third-order valence-corrected chi connectivity index (χ3v) is 5.52. The van der Waals surface area contributed by atoms with Gasteiger partial charge in [0.1, 0.15) is 18.1 Å². The highest BCUT2D eigenvalue weighted by molar-refractivity contribution is 5.94. The monoisotopic (exact) mass is 505 g/mol. The van der Waals surface area contributed by atoms with Gasteiger partial charge in [-0.05, 0) is 30.2 Å². The Morgan fingerprint density at radius 1 is 0.861 bits per heavy atom. The van der Waals surface area contributed by atoms with E-state index in [0.29, 0.717) is 6.42 Å². The number of carboxylic acid groups (broad SMARTS) is 1. The quantitative estimate of drug-likeness (QED) is 0.194. The molecular formula is C25H39N5O6. The van der Waals surface area contributed by atoms with Crippen molar-refractivity contribution in [3.05, 3.63) is 35.9 Å². The number of carbonyl (C=O) groups excluding carboxylic acids is 4. The highest BCUT2D eigenvalue weighted by Gasteiger charge is 2.32. The Morgan fingerprint density at radius 3 is 1.94 bits per heavy atom. The van der Waals surface area contributed by atoms with Crippen LogP contribution < -0.4 is 27.4 Å². The molecule has 4 atom stereocenters. The third kappa shape index (κ3) is 10.9. The topological polar surface area (TPSA) is 194 Å². The average molecular weight is 506 g/mol. The van der Waals surface area contributed by atoms with Crippen molar-refractivity contribution >= 4 is 29.6 Å². The molecule has 0 saturated carbocycles. The maximum absolute atomic E-state index is 13.1. The maximum Gasteiger partial charge on any atom is 0.326 e. The summed E-state index contributed by atoms with van der Waals surface area (Å²) in [5.74, 6) is -4.08. The molecule has 0 aliphatic carbocycles. The molecule has 0 aliphatic rings. The average Bonchev–Trinajstić information content (AvgIpc) is 2.79. The predicted molar refractivity (Wildman–Crippen MR) is 134 cm³/mol. The van der Waals surface area contributed by atoms with Gasteiger partial charge in [0.25, 0.3) is 0 Å². The fourth-order valence-electron chi connectivity index (χ4n) is 3.55. The summed E-state index contributed by atoms with van der Waals surface area (Å²) in [6.07, 6.45) is 0.199. The van der Waals surface area contributed by atoms with Crippen LogP contribution >= 0.6 is 0 Å². The van der Waals surface area contributed by atoms with E-state index in [9.17, 15) is 29.1 Å². The zero-order valence-electron chi connectivity index (χ0n) is 21.3. The van der Waals surface area contributed by atoms with Gasteiger partial charge in [-0.2, -0.15) is 0 Å². The van der Waals surface area contributed by atoms with Crippen LogP contribution in [-0.2, 0) is 30.4 Å². The van der Waals surface area contributed by atoms with Crippen molar-refractivity contribution in [1.29, 1.82) is 0 Å². The summed E-state index contributed by atoms with van der Waals surface area (Å²) in [7, 11) is 0. The molecule has 0 heterocycles. The van der Waals surface area contributed by atoms with Crippen molar-refractivity contribution in [2.45, 2.75) is 77.5 Å². The molecule has 11 heteroatoms. The second kappa shape index (κ2) is 14.8. The lowest BCUT2D eigenvalue weighted by Crippen LogP contribution is -2.58. The summed E-state index contributed by atoms with van der Waals surface area (Å²) < 4.78 is 0. The van der Waals surface area contributed by atoms with Gasteiger partial charge in [0.15, 0.2) is 0 Å². The number of aliphatic carboxylic acids is 1. The lowest BCUT2D eigenvalue weighted by Gasteiger charge is -2.27. The number of rotatable bonds is 15. The molecule has 36 heavy (non-hydrogen) atoms. The number of nitrogens with one attached hydrogen (secondary N) is 3. The van der Waals surface area contributed by atoms with Crippen LogP contribution in [0.3, 0.4) is 0 Å². The predicted octanol–water partition coefficient (Wildman–Crippen LogP) is 0.0630. The van der Waals surface area contributed by atoms with Crippen molar-refractivity contribution in [3.63, 3.8) is 0 Å². The number of nitrogens with two attached hydrogens (primary N) is 2. The second-order valence-electron chi connectivity index (χ2n) is 9.62. The summed E-state index contributed by atoms with van der Waals surface area (Å²) >= 11 is 0. The number of amides is 4. The van der Waals surface area contributed by atoms with Crippen LogP contribution in [0.2, 0.25) is 0 Å². The zero-order valence-corrected chi connectivity index (χ0v) is 21.3. The Morgan fingerprint density at radius 2 is 1.44 bits per heavy atom. The van der Waals surface area contributed by atoms with Gasteiger partial charge in [-0.25, -0.2) is 4.79 Å². The Labute approximate surface area is 211 Å². The molecule has 0 spiro atoms. The minimum absolute atomic E-state index is 0.0612. The molecule has 11 nitrogen and oxygen atoms in total. The van der Waals surface area contributed by atoms with Gasteiger partial charge in [0.2, 0.25) is 23.6 Å². The molecule has 1 aromatic carbocycles. The van der Waals surface area contributed by atoms with Crippen LogP contribution in [0.15, 0.2) is 30.3 Å². The molecular weight excluding hydrogens is 466 g/mol. The Hall–Kier alpha value is -3.47. The zero-order chi connectivity index (χ0) is 27.4. The summed E-state index contributed by atoms with van der Waals surface area (Å²) in [5.41, 5.74) is 11.8. The summed E-state index contributed by atoms with van der Waals surface area (Å²) in [6, 6.07) is 4.51. The number of carboxylic acids is 1. The minimum Gasteiger partial charge on any atom is -0.480 e. The molecule has 0 fully saturated rings. The van der Waals surface area contributed by atoms with E-state index < -0.39 is 59.7 Å². The number of hydrogen-bond donors (Lipinski definition) is 6. The summed E-state index contributed by atoms with van der Waals surface area (Å²) in [5, 5.41) is 17.2. The van der Waals surface area contributed by atoms with E-state index in [1.54, 1.807) is 44.2 Å². The Balaban J connectivity index is 2.98. The molecule has 0 aliphatic heterocycles. The van der Waals surface area contributed by atoms with Gasteiger partial charge in [-0.3, -0.25) is 19.2 Å². The number of primary amides is 1. The van der Waals surface area contributed by atoms with Crippen LogP contribution in [0.1, 0.15) is 52.5 Å². The maximum atomic E-state index is 13.1. The second-order valence-corrected chi connectivity index (χ2v) is 9.62. The summed E-state index contributed by atoms with van der Waals surface area (Å²) in [6.45, 7) is 7.18. The minimum atomic E-state index is -1.22. The van der Waals surface area contributed by atoms with Gasteiger partial charge in [-0.1, -0.05) is 58.0 Å². The van der Waals surface area contributed by atoms with E-state index >= 15 is 0 Å². The number of carbonyl (C=O) groups is 5. The van der Waals surface area contributed by atoms with Crippen LogP contribution in [-0.4, -0.2) is 58.9 Å². The molecule has 4 amide bonds. The molecule has 8 N–H and O–H groups in total. The molecule has 1 aromatic rings. The molecule has 0 saturated heterocycles. The standard InChI is InChI=1S/C25H39N5O6/c1-14(2)12-17(26)22(32)28-18(10-11-20(27)31)23(33)30-21(15(3)4)24(34)29-19(25(35)36)13-16-8-6-5-7-9-16/h5-9,14-15,17-19,21H,10-13,26H2,1-4H3,(H2,27,31)(H,28,32)(H,29,34)(H,30,33)(H,35,36). The first-order valence-corrected chi connectivity index (χ1v) is 12.0. The van der Waals surface area contributed by atoms with Crippen molar-refractivity contribution in [1.82, 2.24) is 16.0 Å². The van der Waals surface area contributed by atoms with Gasteiger partial charge < -0.3 is 32.5 Å². The normalized spacial score (nSPS) is 14.4. The Bertz CT molecular complexity index is 905. The third-order valence-electron chi connectivity index (χ3n) is 5.52. The first kappa shape index (κ1) is 30.6. The molecule has 0 aromatic heterocycles. The van der Waals surface area contributed by atoms with Gasteiger partial charge in [0, 0.05) is 12.8 Å². The first-order valence-electron chi connectivity index (χ1n) is 12.0. The van der Waals surface area contributed by atoms with E-state index in [1.165, 1.54) is 0 Å². The lowest BCUT2D eigenvalue weighted by molar-refractivity contribution is -0.142. The highest BCUT2D eigenvalue weighted by Crippen LogP contribution is 2.09. The first-order chi connectivity index (χ1) is 16.8. The van der Waals surface area contributed by atoms with Crippen LogP contribution in [0.5, 0.6) is 0 Å². The number of benzene rings is 1. The van der Waals surface area contributed by atoms with Gasteiger partial charge in [0.05, 0.1) is 6.04 Å². The van der Waals surface area contributed by atoms with Crippen molar-refractivity contribution in [3.8, 4) is 0 Å². The van der Waals surface area contributed by atoms with E-state index in [1.807, 2.05) is 13.8 Å². The van der Waals surface area contributed by atoms with E-state index in [2.05, 4.69) is 16.0 Å². The largest absolute Gasteiger partial charge is 0.480 e. The van der Waals surface area contributed by atoms with Crippen LogP contribution in [0.4, 0.5) is 0 Å². The van der Waals surface area contributed by atoms with E-state index in [4.69, 9.17) is 11.5 Å². The summed E-state index contributed by atoms with van der Waals surface area (Å²) in [4.78, 5) is 61.6. The fraction of sp³-hybridized carbons (Fsp3) is 0.560. The van der Waals surface area contributed by atoms with Crippen molar-refractivity contribution in [2.75, 3.05) is 0 Å². The molecule has 4 unspecified atom stereocenters. The molecule has 1 rings (SSSR count). The molecule has 0 radical (unpaired) electrons.